The van der Waals surface area contributed by atoms with Crippen molar-refractivity contribution >= 4 is 34.8 Å². The Morgan fingerprint density at radius 3 is 2.52 bits per heavy atom. The predicted molar refractivity (Wildman–Crippen MR) is 120 cm³/mol. The molecule has 0 spiro atoms. The first-order valence-electron chi connectivity index (χ1n) is 10.3. The molecule has 2 amide bonds. The maximum absolute atomic E-state index is 13.0. The number of benzene rings is 2. The van der Waals surface area contributed by atoms with E-state index < -0.39 is 0 Å². The van der Waals surface area contributed by atoms with E-state index in [1.54, 1.807) is 7.11 Å². The maximum Gasteiger partial charge on any atom is 0.270 e. The fourth-order valence-corrected chi connectivity index (χ4v) is 4.08. The molecular weight excluding hydrogens is 416 g/mol. The van der Waals surface area contributed by atoms with Gasteiger partial charge in [-0.25, -0.2) is 5.01 Å². The van der Waals surface area contributed by atoms with Crippen LogP contribution in [-0.2, 0) is 16.1 Å². The molecule has 2 aromatic carbocycles. The summed E-state index contributed by atoms with van der Waals surface area (Å²) in [4.78, 5) is 29.4. The van der Waals surface area contributed by atoms with Gasteiger partial charge in [0.1, 0.15) is 11.5 Å². The fourth-order valence-electron chi connectivity index (χ4n) is 3.88. The van der Waals surface area contributed by atoms with Crippen molar-refractivity contribution in [2.24, 2.45) is 5.10 Å². The highest BCUT2D eigenvalue weighted by molar-refractivity contribution is 6.40. The molecule has 162 valence electrons. The SMILES string of the molecule is COc1ccc(Cl)cc1CN1CCN(C(=O)C2=NN(c3ccccc3)C(=O)CC2)CC1. The highest BCUT2D eigenvalue weighted by Crippen LogP contribution is 2.25. The van der Waals surface area contributed by atoms with Gasteiger partial charge in [-0.1, -0.05) is 29.8 Å². The van der Waals surface area contributed by atoms with Gasteiger partial charge in [0.15, 0.2) is 0 Å². The molecule has 0 radical (unpaired) electrons. The van der Waals surface area contributed by atoms with Gasteiger partial charge in [-0.2, -0.15) is 5.10 Å². The second-order valence-electron chi connectivity index (χ2n) is 7.61. The number of para-hydroxylation sites is 1. The van der Waals surface area contributed by atoms with Crippen LogP contribution in [0.1, 0.15) is 18.4 Å². The van der Waals surface area contributed by atoms with Crippen LogP contribution < -0.4 is 9.75 Å². The zero-order valence-electron chi connectivity index (χ0n) is 17.5. The maximum atomic E-state index is 13.0. The summed E-state index contributed by atoms with van der Waals surface area (Å²) in [5, 5.41) is 6.42. The van der Waals surface area contributed by atoms with Crippen LogP contribution in [0.3, 0.4) is 0 Å². The quantitative estimate of drug-likeness (QED) is 0.716. The van der Waals surface area contributed by atoms with Gasteiger partial charge >= 0.3 is 0 Å². The third kappa shape index (κ3) is 4.89. The van der Waals surface area contributed by atoms with Crippen LogP contribution in [0.4, 0.5) is 5.69 Å². The Kier molecular flexibility index (Phi) is 6.53. The summed E-state index contributed by atoms with van der Waals surface area (Å²) in [6.45, 7) is 3.43. The predicted octanol–water partition coefficient (Wildman–Crippen LogP) is 3.18. The van der Waals surface area contributed by atoms with Crippen molar-refractivity contribution in [3.05, 3.63) is 59.1 Å². The summed E-state index contributed by atoms with van der Waals surface area (Å²) in [6, 6.07) is 14.8. The van der Waals surface area contributed by atoms with Gasteiger partial charge in [0, 0.05) is 56.2 Å². The van der Waals surface area contributed by atoms with Crippen molar-refractivity contribution in [1.82, 2.24) is 9.80 Å². The summed E-state index contributed by atoms with van der Waals surface area (Å²) < 4.78 is 5.44. The van der Waals surface area contributed by atoms with Gasteiger partial charge in [-0.15, -0.1) is 0 Å². The van der Waals surface area contributed by atoms with Gasteiger partial charge in [-0.3, -0.25) is 14.5 Å². The number of ether oxygens (including phenoxy) is 1. The second kappa shape index (κ2) is 9.49. The van der Waals surface area contributed by atoms with Crippen LogP contribution in [0, 0.1) is 0 Å². The molecule has 1 fully saturated rings. The minimum atomic E-state index is -0.0944. The average molecular weight is 441 g/mol. The Hall–Kier alpha value is -2.90. The van der Waals surface area contributed by atoms with Crippen LogP contribution in [0.15, 0.2) is 53.6 Å². The number of hydrazone groups is 1. The number of carbonyl (C=O) groups excluding carboxylic acids is 2. The van der Waals surface area contributed by atoms with E-state index in [1.165, 1.54) is 5.01 Å². The lowest BCUT2D eigenvalue weighted by Crippen LogP contribution is -2.51. The van der Waals surface area contributed by atoms with Crippen molar-refractivity contribution in [2.75, 3.05) is 38.3 Å². The molecule has 31 heavy (non-hydrogen) atoms. The van der Waals surface area contributed by atoms with Crippen molar-refractivity contribution in [1.29, 1.82) is 0 Å². The second-order valence-corrected chi connectivity index (χ2v) is 8.05. The number of methoxy groups -OCH3 is 1. The fraction of sp³-hybridized carbons (Fsp3) is 0.348. The molecule has 2 heterocycles. The number of hydrogen-bond acceptors (Lipinski definition) is 5. The molecule has 8 heteroatoms. The van der Waals surface area contributed by atoms with E-state index in [0.29, 0.717) is 42.5 Å². The Morgan fingerprint density at radius 2 is 1.81 bits per heavy atom. The van der Waals surface area contributed by atoms with Gasteiger partial charge in [0.05, 0.1) is 12.8 Å². The van der Waals surface area contributed by atoms with Gasteiger partial charge in [0.25, 0.3) is 5.91 Å². The lowest BCUT2D eigenvalue weighted by atomic mass is 10.1. The minimum absolute atomic E-state index is 0.0894. The molecule has 1 saturated heterocycles. The molecule has 7 nitrogen and oxygen atoms in total. The molecule has 0 unspecified atom stereocenters. The van der Waals surface area contributed by atoms with Gasteiger partial charge in [-0.05, 0) is 30.3 Å². The standard InChI is InChI=1S/C23H25ClN4O3/c1-31-21-9-7-18(24)15-17(21)16-26-11-13-27(14-12-26)23(30)20-8-10-22(29)28(25-20)19-5-3-2-4-6-19/h2-7,9,15H,8,10-14,16H2,1H3. The van der Waals surface area contributed by atoms with Crippen molar-refractivity contribution in [3.8, 4) is 5.75 Å². The largest absolute Gasteiger partial charge is 0.496 e. The molecule has 0 atom stereocenters. The van der Waals surface area contributed by atoms with Crippen LogP contribution >= 0.6 is 11.6 Å². The lowest BCUT2D eigenvalue weighted by Gasteiger charge is -2.35. The van der Waals surface area contributed by atoms with Crippen LogP contribution in [0.5, 0.6) is 5.75 Å². The summed E-state index contributed by atoms with van der Waals surface area (Å²) in [7, 11) is 1.65. The molecule has 2 aliphatic heterocycles. The molecule has 0 bridgehead atoms. The van der Waals surface area contributed by atoms with Gasteiger partial charge < -0.3 is 9.64 Å². The average Bonchev–Trinajstić information content (AvgIpc) is 2.80. The van der Waals surface area contributed by atoms with Crippen molar-refractivity contribution in [3.63, 3.8) is 0 Å². The first-order valence-corrected chi connectivity index (χ1v) is 10.7. The molecule has 2 aromatic rings. The molecule has 0 saturated carbocycles. The number of carbonyl (C=O) groups is 2. The Morgan fingerprint density at radius 1 is 1.06 bits per heavy atom. The zero-order chi connectivity index (χ0) is 21.8. The van der Waals surface area contributed by atoms with Crippen molar-refractivity contribution < 1.29 is 14.3 Å². The third-order valence-corrected chi connectivity index (χ3v) is 5.81. The molecule has 0 aliphatic carbocycles. The smallest absolute Gasteiger partial charge is 0.270 e. The minimum Gasteiger partial charge on any atom is -0.496 e. The van der Waals surface area contributed by atoms with Crippen LogP contribution in [-0.4, -0.2) is 60.6 Å². The molecule has 2 aliphatic rings. The Balaban J connectivity index is 1.39. The third-order valence-electron chi connectivity index (χ3n) is 5.58. The summed E-state index contributed by atoms with van der Waals surface area (Å²) >= 11 is 6.14. The highest BCUT2D eigenvalue weighted by Gasteiger charge is 2.30. The number of piperazine rings is 1. The van der Waals surface area contributed by atoms with E-state index in [9.17, 15) is 9.59 Å². The van der Waals surface area contributed by atoms with Crippen molar-refractivity contribution in [2.45, 2.75) is 19.4 Å². The number of hydrogen-bond donors (Lipinski definition) is 0. The number of rotatable bonds is 5. The Labute approximate surface area is 186 Å². The first kappa shape index (κ1) is 21.3. The first-order chi connectivity index (χ1) is 15.0. The zero-order valence-corrected chi connectivity index (χ0v) is 18.2. The summed E-state index contributed by atoms with van der Waals surface area (Å²) in [6.07, 6.45) is 0.662. The molecule has 0 N–H and O–H groups in total. The number of anilines is 1. The van der Waals surface area contributed by atoms with E-state index in [1.807, 2.05) is 53.4 Å². The summed E-state index contributed by atoms with van der Waals surface area (Å²) in [5.41, 5.74) is 2.15. The van der Waals surface area contributed by atoms with Crippen LogP contribution in [0.25, 0.3) is 0 Å². The monoisotopic (exact) mass is 440 g/mol. The van der Waals surface area contributed by atoms with E-state index in [2.05, 4.69) is 10.0 Å². The normalized spacial score (nSPS) is 17.5. The topological polar surface area (TPSA) is 65.5 Å². The van der Waals surface area contributed by atoms with Crippen LogP contribution in [0.2, 0.25) is 5.02 Å². The highest BCUT2D eigenvalue weighted by atomic mass is 35.5. The summed E-state index contributed by atoms with van der Waals surface area (Å²) in [5.74, 6) is 0.626. The number of amides is 2. The Bertz CT molecular complexity index is 988. The van der Waals surface area contributed by atoms with E-state index in [0.717, 1.165) is 24.4 Å². The van der Waals surface area contributed by atoms with E-state index >= 15 is 0 Å². The number of halogens is 1. The number of nitrogens with zero attached hydrogens (tertiary/aromatic N) is 4. The molecule has 0 aromatic heterocycles. The molecular formula is C23H25ClN4O3. The molecule has 4 rings (SSSR count). The van der Waals surface area contributed by atoms with E-state index in [-0.39, 0.29) is 18.2 Å². The lowest BCUT2D eigenvalue weighted by molar-refractivity contribution is -0.126. The van der Waals surface area contributed by atoms with E-state index in [4.69, 9.17) is 16.3 Å². The van der Waals surface area contributed by atoms with Gasteiger partial charge in [0.2, 0.25) is 5.91 Å².